The van der Waals surface area contributed by atoms with E-state index in [2.05, 4.69) is 20.4 Å². The summed E-state index contributed by atoms with van der Waals surface area (Å²) in [5.41, 5.74) is 1.20. The monoisotopic (exact) mass is 532 g/mol. The van der Waals surface area contributed by atoms with E-state index in [1.54, 1.807) is 18.7 Å². The Bertz CT molecular complexity index is 1330. The minimum atomic E-state index is -0.506. The number of piperidine rings is 1. The highest BCUT2D eigenvalue weighted by molar-refractivity contribution is 7.17. The molecule has 0 saturated carbocycles. The summed E-state index contributed by atoms with van der Waals surface area (Å²) in [7, 11) is 3.04. The van der Waals surface area contributed by atoms with Crippen LogP contribution in [0.1, 0.15) is 44.8 Å². The van der Waals surface area contributed by atoms with E-state index >= 15 is 0 Å². The number of halogens is 1. The van der Waals surface area contributed by atoms with Crippen molar-refractivity contribution in [2.24, 2.45) is 7.05 Å². The molecule has 190 valence electrons. The first-order valence-electron chi connectivity index (χ1n) is 11.2. The van der Waals surface area contributed by atoms with Gasteiger partial charge in [-0.05, 0) is 20.3 Å². The van der Waals surface area contributed by atoms with Crippen LogP contribution in [0.5, 0.6) is 0 Å². The molecule has 36 heavy (non-hydrogen) atoms. The number of aryl methyl sites for hydroxylation is 2. The first kappa shape index (κ1) is 25.6. The maximum Gasteiger partial charge on any atom is 0.350 e. The molecular weight excluding hydrogens is 508 g/mol. The second kappa shape index (κ2) is 10.7. The average Bonchev–Trinajstić information content (AvgIpc) is 3.57. The van der Waals surface area contributed by atoms with Crippen molar-refractivity contribution in [2.45, 2.75) is 32.4 Å². The van der Waals surface area contributed by atoms with Gasteiger partial charge in [0.2, 0.25) is 0 Å². The summed E-state index contributed by atoms with van der Waals surface area (Å²) >= 11 is 7.35. The van der Waals surface area contributed by atoms with Crippen molar-refractivity contribution in [3.63, 3.8) is 0 Å². The number of hydrogen-bond acceptors (Lipinski definition) is 10. The average molecular weight is 533 g/mol. The van der Waals surface area contributed by atoms with E-state index in [1.807, 2.05) is 17.9 Å². The third-order valence-corrected chi connectivity index (χ3v) is 7.46. The van der Waals surface area contributed by atoms with E-state index in [-0.39, 0.29) is 28.4 Å². The minimum absolute atomic E-state index is 0.117. The first-order valence-corrected chi connectivity index (χ1v) is 12.4. The van der Waals surface area contributed by atoms with Crippen molar-refractivity contribution < 1.29 is 19.1 Å². The molecule has 14 heteroatoms. The quantitative estimate of drug-likeness (QED) is 0.436. The lowest BCUT2D eigenvalue weighted by molar-refractivity contribution is 0.0272. The van der Waals surface area contributed by atoms with E-state index in [0.717, 1.165) is 0 Å². The summed E-state index contributed by atoms with van der Waals surface area (Å²) in [5, 5.41) is 17.3. The van der Waals surface area contributed by atoms with Crippen LogP contribution in [-0.2, 0) is 16.5 Å². The number of H-pyrrole nitrogens is 1. The molecule has 1 aliphatic rings. The predicted molar refractivity (Wildman–Crippen MR) is 132 cm³/mol. The predicted octanol–water partition coefficient (Wildman–Crippen LogP) is 2.30. The molecule has 0 spiro atoms. The Morgan fingerprint density at radius 3 is 2.86 bits per heavy atom. The fourth-order valence-electron chi connectivity index (χ4n) is 4.09. The van der Waals surface area contributed by atoms with Gasteiger partial charge in [0.05, 0.1) is 24.3 Å². The number of ether oxygens (including phenoxy) is 2. The molecule has 0 bridgehead atoms. The second-order valence-corrected chi connectivity index (χ2v) is 9.46. The highest BCUT2D eigenvalue weighted by atomic mass is 35.5. The van der Waals surface area contributed by atoms with Crippen LogP contribution in [0, 0.1) is 18.3 Å². The highest BCUT2D eigenvalue weighted by Crippen LogP contribution is 2.34. The fourth-order valence-corrected chi connectivity index (χ4v) is 5.29. The number of nitriles is 1. The number of amides is 1. The zero-order valence-electron chi connectivity index (χ0n) is 20.2. The van der Waals surface area contributed by atoms with Gasteiger partial charge in [0.25, 0.3) is 5.91 Å². The number of anilines is 1. The van der Waals surface area contributed by atoms with Gasteiger partial charge in [0.15, 0.2) is 11.0 Å². The Labute approximate surface area is 216 Å². The number of carbonyl (C=O) groups is 2. The molecule has 4 heterocycles. The number of aromatic nitrogens is 5. The van der Waals surface area contributed by atoms with Gasteiger partial charge in [0.1, 0.15) is 34.2 Å². The van der Waals surface area contributed by atoms with Crippen LogP contribution in [0.3, 0.4) is 0 Å². The Balaban J connectivity index is 1.56. The van der Waals surface area contributed by atoms with Gasteiger partial charge in [-0.25, -0.2) is 19.4 Å². The Kier molecular flexibility index (Phi) is 7.58. The molecule has 0 aromatic carbocycles. The van der Waals surface area contributed by atoms with Gasteiger partial charge in [-0.3, -0.25) is 4.79 Å². The zero-order chi connectivity index (χ0) is 26.0. The molecular formula is C22H25ClN8O4S. The maximum atomic E-state index is 13.0. The number of rotatable bonds is 7. The molecule has 12 nitrogen and oxygen atoms in total. The van der Waals surface area contributed by atoms with E-state index in [9.17, 15) is 14.9 Å². The number of carbonyl (C=O) groups excluding carboxylic acids is 2. The van der Waals surface area contributed by atoms with E-state index in [0.29, 0.717) is 53.3 Å². The minimum Gasteiger partial charge on any atom is -0.465 e. The van der Waals surface area contributed by atoms with Crippen LogP contribution in [-0.4, -0.2) is 75.6 Å². The smallest absolute Gasteiger partial charge is 0.350 e. The van der Waals surface area contributed by atoms with Crippen LogP contribution in [0.4, 0.5) is 5.13 Å². The first-order chi connectivity index (χ1) is 17.3. The third-order valence-electron chi connectivity index (χ3n) is 5.89. The van der Waals surface area contributed by atoms with Crippen LogP contribution >= 0.6 is 22.9 Å². The van der Waals surface area contributed by atoms with Crippen LogP contribution in [0.2, 0.25) is 5.02 Å². The Morgan fingerprint density at radius 2 is 2.22 bits per heavy atom. The lowest BCUT2D eigenvalue weighted by atomic mass is 10.0. The van der Waals surface area contributed by atoms with E-state index in [1.165, 1.54) is 24.8 Å². The SMILES string of the molecule is CCO[C@H]1CN(c2nc(-c3ncnn3C)c(C(=O)OC)s2)CC[C@H]1NC(=O)c1[nH]c(C)c(Cl)c1C#N. The number of hydrogen-bond donors (Lipinski definition) is 2. The van der Waals surface area contributed by atoms with Crippen LogP contribution in [0.25, 0.3) is 11.5 Å². The van der Waals surface area contributed by atoms with E-state index in [4.69, 9.17) is 26.1 Å². The molecule has 1 amide bonds. The number of esters is 1. The number of aromatic amines is 1. The lowest BCUT2D eigenvalue weighted by Crippen LogP contribution is -2.55. The fraction of sp³-hybridized carbons (Fsp3) is 0.455. The van der Waals surface area contributed by atoms with Crippen molar-refractivity contribution >= 4 is 39.9 Å². The van der Waals surface area contributed by atoms with Crippen molar-refractivity contribution in [1.29, 1.82) is 5.26 Å². The third kappa shape index (κ3) is 4.79. The Morgan fingerprint density at radius 1 is 1.44 bits per heavy atom. The summed E-state index contributed by atoms with van der Waals surface area (Å²) in [6, 6.07) is 1.68. The molecule has 0 radical (unpaired) electrons. The molecule has 2 atom stereocenters. The standard InChI is InChI=1S/C22H25ClN8O4S/c1-5-35-14-9-31(7-6-13(14)28-20(32)16-12(8-24)15(23)11(2)27-16)22-29-17(18(36-22)21(33)34-4)19-25-10-26-30(19)3/h10,13-14,27H,5-7,9H2,1-4H3,(H,28,32)/t13-,14+/m1/s1. The number of thiazole rings is 1. The van der Waals surface area contributed by atoms with Crippen molar-refractivity contribution in [1.82, 2.24) is 30.0 Å². The molecule has 1 saturated heterocycles. The largest absolute Gasteiger partial charge is 0.465 e. The van der Waals surface area contributed by atoms with Gasteiger partial charge in [-0.1, -0.05) is 22.9 Å². The molecule has 0 aliphatic carbocycles. The summed E-state index contributed by atoms with van der Waals surface area (Å²) in [6.07, 6.45) is 1.59. The zero-order valence-corrected chi connectivity index (χ0v) is 21.7. The van der Waals surface area contributed by atoms with Crippen molar-refractivity contribution in [3.8, 4) is 17.6 Å². The maximum absolute atomic E-state index is 13.0. The molecule has 0 unspecified atom stereocenters. The molecule has 3 aromatic heterocycles. The van der Waals surface area contributed by atoms with Gasteiger partial charge in [-0.2, -0.15) is 10.4 Å². The molecule has 1 aliphatic heterocycles. The summed E-state index contributed by atoms with van der Waals surface area (Å²) in [4.78, 5) is 39.6. The molecule has 3 aromatic rings. The normalized spacial score (nSPS) is 17.6. The molecule has 1 fully saturated rings. The van der Waals surface area contributed by atoms with Gasteiger partial charge in [0, 0.05) is 32.4 Å². The van der Waals surface area contributed by atoms with E-state index < -0.39 is 11.9 Å². The number of nitrogens with zero attached hydrogens (tertiary/aromatic N) is 6. The van der Waals surface area contributed by atoms with Gasteiger partial charge < -0.3 is 24.7 Å². The topological polar surface area (TPSA) is 151 Å². The second-order valence-electron chi connectivity index (χ2n) is 8.11. The molecule has 4 rings (SSSR count). The summed E-state index contributed by atoms with van der Waals surface area (Å²) < 4.78 is 12.5. The van der Waals surface area contributed by atoms with Gasteiger partial charge in [-0.15, -0.1) is 0 Å². The van der Waals surface area contributed by atoms with Crippen molar-refractivity contribution in [2.75, 3.05) is 31.7 Å². The highest BCUT2D eigenvalue weighted by Gasteiger charge is 2.35. The lowest BCUT2D eigenvalue weighted by Gasteiger charge is -2.38. The van der Waals surface area contributed by atoms with Crippen LogP contribution < -0.4 is 10.2 Å². The number of methoxy groups -OCH3 is 1. The summed E-state index contributed by atoms with van der Waals surface area (Å²) in [5.74, 6) is -0.473. The molecule has 2 N–H and O–H groups in total. The van der Waals surface area contributed by atoms with Gasteiger partial charge >= 0.3 is 5.97 Å². The number of nitrogens with one attached hydrogen (secondary N) is 2. The summed E-state index contributed by atoms with van der Waals surface area (Å²) in [6.45, 7) is 5.01. The van der Waals surface area contributed by atoms with Crippen molar-refractivity contribution in [3.05, 3.63) is 33.2 Å². The van der Waals surface area contributed by atoms with Crippen LogP contribution in [0.15, 0.2) is 6.33 Å². The Hall–Kier alpha value is -3.47.